The molecule has 0 aliphatic carbocycles. The smallest absolute Gasteiger partial charge is 0.234 e. The van der Waals surface area contributed by atoms with Crippen LogP contribution in [-0.4, -0.2) is 27.8 Å². The van der Waals surface area contributed by atoms with Crippen LogP contribution in [0.25, 0.3) is 5.78 Å². The van der Waals surface area contributed by atoms with Crippen LogP contribution in [0.5, 0.6) is 0 Å². The highest BCUT2D eigenvalue weighted by molar-refractivity contribution is 5.75. The Kier molecular flexibility index (Phi) is 2.24. The van der Waals surface area contributed by atoms with E-state index < -0.39 is 0 Å². The molecule has 5 nitrogen and oxygen atoms in total. The highest BCUT2D eigenvalue weighted by atomic mass is 16.5. The predicted octanol–water partition coefficient (Wildman–Crippen LogP) is 0.688. The van der Waals surface area contributed by atoms with Gasteiger partial charge in [-0.2, -0.15) is 0 Å². The summed E-state index contributed by atoms with van der Waals surface area (Å²) in [6.45, 7) is 0.317. The minimum atomic E-state index is 0.317. The summed E-state index contributed by atoms with van der Waals surface area (Å²) in [6, 6.07) is 1.75. The van der Waals surface area contributed by atoms with Crippen molar-refractivity contribution in [2.75, 3.05) is 7.11 Å². The van der Waals surface area contributed by atoms with Crippen LogP contribution in [0.15, 0.2) is 18.5 Å². The molecule has 2 heterocycles. The monoisotopic (exact) mass is 191 g/mol. The van der Waals surface area contributed by atoms with Gasteiger partial charge in [-0.05, 0) is 6.07 Å². The molecule has 14 heavy (non-hydrogen) atoms. The van der Waals surface area contributed by atoms with E-state index in [-0.39, 0.29) is 0 Å². The summed E-state index contributed by atoms with van der Waals surface area (Å²) in [5.41, 5.74) is 1.11. The van der Waals surface area contributed by atoms with Gasteiger partial charge in [0.25, 0.3) is 0 Å². The van der Waals surface area contributed by atoms with Gasteiger partial charge in [0.1, 0.15) is 5.69 Å². The standard InChI is InChI=1S/C9H9N3O2/c1-14-6-7-8(5-13)12-4-2-3-10-9(12)11-7/h2-5H,6H2,1H3. The first-order valence-electron chi connectivity index (χ1n) is 4.13. The van der Waals surface area contributed by atoms with Gasteiger partial charge in [-0.15, -0.1) is 0 Å². The minimum Gasteiger partial charge on any atom is -0.378 e. The Labute approximate surface area is 80.4 Å². The first kappa shape index (κ1) is 8.83. The second-order valence-corrected chi connectivity index (χ2v) is 2.78. The fourth-order valence-electron chi connectivity index (χ4n) is 1.32. The van der Waals surface area contributed by atoms with E-state index in [1.54, 1.807) is 30.0 Å². The van der Waals surface area contributed by atoms with Crippen molar-refractivity contribution in [1.82, 2.24) is 14.4 Å². The van der Waals surface area contributed by atoms with E-state index in [0.717, 1.165) is 6.29 Å². The molecule has 0 aliphatic rings. The lowest BCUT2D eigenvalue weighted by Gasteiger charge is -1.94. The Morgan fingerprint density at radius 3 is 3.21 bits per heavy atom. The van der Waals surface area contributed by atoms with E-state index in [0.29, 0.717) is 23.8 Å². The lowest BCUT2D eigenvalue weighted by Crippen LogP contribution is -1.96. The molecule has 2 rings (SSSR count). The van der Waals surface area contributed by atoms with Crippen LogP contribution < -0.4 is 0 Å². The van der Waals surface area contributed by atoms with Gasteiger partial charge in [-0.25, -0.2) is 9.97 Å². The molecule has 0 unspecified atom stereocenters. The van der Waals surface area contributed by atoms with Gasteiger partial charge in [0, 0.05) is 19.5 Å². The van der Waals surface area contributed by atoms with Crippen LogP contribution in [0.1, 0.15) is 16.2 Å². The van der Waals surface area contributed by atoms with Crippen molar-refractivity contribution in [3.8, 4) is 0 Å². The summed E-state index contributed by atoms with van der Waals surface area (Å²) in [5.74, 6) is 0.515. The number of methoxy groups -OCH3 is 1. The summed E-state index contributed by atoms with van der Waals surface area (Å²) in [6.07, 6.45) is 4.14. The highest BCUT2D eigenvalue weighted by Gasteiger charge is 2.10. The average Bonchev–Trinajstić information content (AvgIpc) is 2.55. The molecule has 0 aromatic carbocycles. The number of nitrogens with zero attached hydrogens (tertiary/aromatic N) is 3. The number of aromatic nitrogens is 3. The van der Waals surface area contributed by atoms with Gasteiger partial charge < -0.3 is 4.74 Å². The normalized spacial score (nSPS) is 10.6. The van der Waals surface area contributed by atoms with Crippen molar-refractivity contribution < 1.29 is 9.53 Å². The molecule has 0 fully saturated rings. The van der Waals surface area contributed by atoms with Crippen LogP contribution in [0.3, 0.4) is 0 Å². The molecule has 0 saturated heterocycles. The first-order chi connectivity index (χ1) is 6.86. The molecule has 0 spiro atoms. The molecule has 2 aromatic rings. The maximum atomic E-state index is 10.8. The fourth-order valence-corrected chi connectivity index (χ4v) is 1.32. The fraction of sp³-hybridized carbons (Fsp3) is 0.222. The van der Waals surface area contributed by atoms with Crippen molar-refractivity contribution in [3.05, 3.63) is 29.8 Å². The van der Waals surface area contributed by atoms with Crippen LogP contribution in [0.2, 0.25) is 0 Å². The van der Waals surface area contributed by atoms with Gasteiger partial charge in [0.2, 0.25) is 5.78 Å². The van der Waals surface area contributed by atoms with E-state index in [9.17, 15) is 4.79 Å². The summed E-state index contributed by atoms with van der Waals surface area (Å²) in [7, 11) is 1.56. The molecule has 5 heteroatoms. The van der Waals surface area contributed by atoms with Crippen molar-refractivity contribution >= 4 is 12.1 Å². The molecule has 2 aromatic heterocycles. The zero-order valence-corrected chi connectivity index (χ0v) is 7.67. The first-order valence-corrected chi connectivity index (χ1v) is 4.13. The number of carbonyl (C=O) groups is 1. The lowest BCUT2D eigenvalue weighted by molar-refractivity contribution is 0.111. The van der Waals surface area contributed by atoms with E-state index in [1.807, 2.05) is 0 Å². The maximum Gasteiger partial charge on any atom is 0.234 e. The lowest BCUT2D eigenvalue weighted by atomic mass is 10.3. The number of aldehydes is 1. The van der Waals surface area contributed by atoms with Crippen molar-refractivity contribution in [2.24, 2.45) is 0 Å². The minimum absolute atomic E-state index is 0.317. The largest absolute Gasteiger partial charge is 0.378 e. The zero-order valence-electron chi connectivity index (χ0n) is 7.67. The van der Waals surface area contributed by atoms with Crippen LogP contribution >= 0.6 is 0 Å². The summed E-state index contributed by atoms with van der Waals surface area (Å²) in [5, 5.41) is 0. The topological polar surface area (TPSA) is 56.5 Å². The number of ether oxygens (including phenoxy) is 1. The molecular formula is C9H9N3O2. The van der Waals surface area contributed by atoms with Crippen LogP contribution in [-0.2, 0) is 11.3 Å². The third-order valence-electron chi connectivity index (χ3n) is 1.91. The van der Waals surface area contributed by atoms with E-state index in [2.05, 4.69) is 9.97 Å². The number of hydrogen-bond acceptors (Lipinski definition) is 4. The SMILES string of the molecule is COCc1nc2ncccn2c1C=O. The Morgan fingerprint density at radius 1 is 1.64 bits per heavy atom. The average molecular weight is 191 g/mol. The number of carbonyl (C=O) groups excluding carboxylic acids is 1. The molecule has 72 valence electrons. The highest BCUT2D eigenvalue weighted by Crippen LogP contribution is 2.09. The van der Waals surface area contributed by atoms with Crippen molar-refractivity contribution in [1.29, 1.82) is 0 Å². The second-order valence-electron chi connectivity index (χ2n) is 2.78. The Bertz CT molecular complexity index is 464. The third kappa shape index (κ3) is 1.27. The molecule has 0 aliphatic heterocycles. The van der Waals surface area contributed by atoms with Gasteiger partial charge in [-0.1, -0.05) is 0 Å². The molecule has 0 saturated carbocycles. The maximum absolute atomic E-state index is 10.8. The number of imidazole rings is 1. The molecular weight excluding hydrogens is 182 g/mol. The zero-order chi connectivity index (χ0) is 9.97. The molecule has 0 N–H and O–H groups in total. The number of fused-ring (bicyclic) bond motifs is 1. The number of hydrogen-bond donors (Lipinski definition) is 0. The van der Waals surface area contributed by atoms with E-state index >= 15 is 0 Å². The third-order valence-corrected chi connectivity index (χ3v) is 1.91. The quantitative estimate of drug-likeness (QED) is 0.670. The molecule has 0 bridgehead atoms. The van der Waals surface area contributed by atoms with E-state index in [4.69, 9.17) is 4.74 Å². The van der Waals surface area contributed by atoms with Crippen molar-refractivity contribution in [2.45, 2.75) is 6.61 Å². The molecule has 0 amide bonds. The molecule has 0 atom stereocenters. The summed E-state index contributed by atoms with van der Waals surface area (Å²) >= 11 is 0. The summed E-state index contributed by atoms with van der Waals surface area (Å²) in [4.78, 5) is 19.0. The van der Waals surface area contributed by atoms with E-state index in [1.165, 1.54) is 0 Å². The summed E-state index contributed by atoms with van der Waals surface area (Å²) < 4.78 is 6.58. The van der Waals surface area contributed by atoms with Gasteiger partial charge in [0.15, 0.2) is 6.29 Å². The van der Waals surface area contributed by atoms with Gasteiger partial charge in [0.05, 0.1) is 12.3 Å². The van der Waals surface area contributed by atoms with Crippen LogP contribution in [0, 0.1) is 0 Å². The Hall–Kier alpha value is -1.75. The van der Waals surface area contributed by atoms with Crippen molar-refractivity contribution in [3.63, 3.8) is 0 Å². The second kappa shape index (κ2) is 3.55. The molecule has 0 radical (unpaired) electrons. The Morgan fingerprint density at radius 2 is 2.50 bits per heavy atom. The van der Waals surface area contributed by atoms with Gasteiger partial charge in [-0.3, -0.25) is 9.20 Å². The predicted molar refractivity (Wildman–Crippen MR) is 49.1 cm³/mol. The number of rotatable bonds is 3. The Balaban J connectivity index is 2.65. The van der Waals surface area contributed by atoms with Gasteiger partial charge >= 0.3 is 0 Å². The van der Waals surface area contributed by atoms with Crippen LogP contribution in [0.4, 0.5) is 0 Å².